The summed E-state index contributed by atoms with van der Waals surface area (Å²) in [5, 5.41) is 16.2. The molecule has 174 valence electrons. The number of nitrogens with one attached hydrogen (secondary N) is 1. The molecule has 0 spiro atoms. The Balaban J connectivity index is 1.53. The van der Waals surface area contributed by atoms with Crippen molar-refractivity contribution in [1.82, 2.24) is 24.5 Å². The molecule has 0 saturated heterocycles. The highest BCUT2D eigenvalue weighted by molar-refractivity contribution is 6.31. The third-order valence-corrected chi connectivity index (χ3v) is 6.04. The molecule has 0 radical (unpaired) electrons. The number of fused-ring (bicyclic) bond motifs is 1. The maximum absolute atomic E-state index is 14.5. The van der Waals surface area contributed by atoms with Crippen molar-refractivity contribution in [2.75, 3.05) is 5.32 Å². The second-order valence-electron chi connectivity index (χ2n) is 8.79. The van der Waals surface area contributed by atoms with Gasteiger partial charge in [-0.05, 0) is 50.0 Å². The molecule has 1 aromatic carbocycles. The van der Waals surface area contributed by atoms with Crippen molar-refractivity contribution < 1.29 is 9.18 Å². The van der Waals surface area contributed by atoms with E-state index in [0.717, 1.165) is 43.7 Å². The average Bonchev–Trinajstić information content (AvgIpc) is 3.17. The summed E-state index contributed by atoms with van der Waals surface area (Å²) in [5.74, 6) is 1.05. The van der Waals surface area contributed by atoms with Gasteiger partial charge in [0, 0.05) is 36.7 Å². The van der Waals surface area contributed by atoms with E-state index in [-0.39, 0.29) is 5.69 Å². The van der Waals surface area contributed by atoms with Crippen LogP contribution in [0.2, 0.25) is 5.15 Å². The zero-order valence-corrected chi connectivity index (χ0v) is 19.9. The van der Waals surface area contributed by atoms with E-state index in [0.29, 0.717) is 34.6 Å². The molecule has 9 heteroatoms. The largest absolute Gasteiger partial charge is 0.320 e. The highest BCUT2D eigenvalue weighted by Crippen LogP contribution is 2.27. The van der Waals surface area contributed by atoms with Gasteiger partial charge in [0.2, 0.25) is 5.91 Å². The van der Waals surface area contributed by atoms with Gasteiger partial charge >= 0.3 is 0 Å². The van der Waals surface area contributed by atoms with Crippen LogP contribution in [0, 0.1) is 18.7 Å². The van der Waals surface area contributed by atoms with Gasteiger partial charge < -0.3 is 9.88 Å². The summed E-state index contributed by atoms with van der Waals surface area (Å²) >= 11 is 6.43. The number of anilines is 1. The van der Waals surface area contributed by atoms with E-state index in [1.165, 1.54) is 12.1 Å². The lowest BCUT2D eigenvalue weighted by molar-refractivity contribution is -0.111. The number of benzene rings is 1. The van der Waals surface area contributed by atoms with Crippen LogP contribution in [-0.2, 0) is 24.3 Å². The standard InChI is InChI=1S/C24H28ClFN6O/c1-15(2)14-32-23(25)18(16(3)30-32)9-11-22(33)27-20-13-17(8-10-19(20)26)24-29-28-21-7-5-4-6-12-31(21)24/h8-11,13,15H,4-7,12,14H2,1-3H3,(H,27,33)/b11-9+. The molecule has 0 bridgehead atoms. The summed E-state index contributed by atoms with van der Waals surface area (Å²) < 4.78 is 18.3. The van der Waals surface area contributed by atoms with Gasteiger partial charge in [-0.2, -0.15) is 5.10 Å². The smallest absolute Gasteiger partial charge is 0.248 e. The zero-order chi connectivity index (χ0) is 23.5. The number of amides is 1. The molecule has 0 fully saturated rings. The van der Waals surface area contributed by atoms with Crippen LogP contribution < -0.4 is 5.32 Å². The Morgan fingerprint density at radius 2 is 2.09 bits per heavy atom. The maximum Gasteiger partial charge on any atom is 0.248 e. The minimum Gasteiger partial charge on any atom is -0.320 e. The second kappa shape index (κ2) is 9.87. The monoisotopic (exact) mass is 470 g/mol. The average molecular weight is 471 g/mol. The SMILES string of the molecule is Cc1nn(CC(C)C)c(Cl)c1/C=C/C(=O)Nc1cc(-c2nnc3n2CCCCC3)ccc1F. The van der Waals surface area contributed by atoms with Crippen molar-refractivity contribution in [1.29, 1.82) is 0 Å². The van der Waals surface area contributed by atoms with Crippen LogP contribution in [-0.4, -0.2) is 30.5 Å². The Morgan fingerprint density at radius 1 is 1.27 bits per heavy atom. The minimum absolute atomic E-state index is 0.0893. The molecule has 7 nitrogen and oxygen atoms in total. The Labute approximate surface area is 197 Å². The molecule has 1 amide bonds. The second-order valence-corrected chi connectivity index (χ2v) is 9.14. The van der Waals surface area contributed by atoms with Crippen molar-refractivity contribution >= 4 is 29.3 Å². The number of hydrogen-bond donors (Lipinski definition) is 1. The highest BCUT2D eigenvalue weighted by atomic mass is 35.5. The number of hydrogen-bond acceptors (Lipinski definition) is 4. The van der Waals surface area contributed by atoms with Crippen LogP contribution >= 0.6 is 11.6 Å². The molecule has 0 aliphatic carbocycles. The van der Waals surface area contributed by atoms with Crippen molar-refractivity contribution in [3.8, 4) is 11.4 Å². The molecule has 3 aromatic rings. The first-order valence-corrected chi connectivity index (χ1v) is 11.6. The van der Waals surface area contributed by atoms with Gasteiger partial charge in [-0.1, -0.05) is 31.9 Å². The highest BCUT2D eigenvalue weighted by Gasteiger charge is 2.18. The fourth-order valence-corrected chi connectivity index (χ4v) is 4.32. The molecule has 4 rings (SSSR count). The van der Waals surface area contributed by atoms with E-state index in [2.05, 4.69) is 39.0 Å². The summed E-state index contributed by atoms with van der Waals surface area (Å²) in [6.45, 7) is 7.52. The van der Waals surface area contributed by atoms with Crippen LogP contribution in [0.3, 0.4) is 0 Å². The van der Waals surface area contributed by atoms with Gasteiger partial charge in [0.1, 0.15) is 16.8 Å². The summed E-state index contributed by atoms with van der Waals surface area (Å²) in [7, 11) is 0. The van der Waals surface area contributed by atoms with Gasteiger partial charge in [-0.25, -0.2) is 4.39 Å². The Hall–Kier alpha value is -3.00. The van der Waals surface area contributed by atoms with Crippen LogP contribution in [0.4, 0.5) is 10.1 Å². The van der Waals surface area contributed by atoms with E-state index < -0.39 is 11.7 Å². The normalized spacial score (nSPS) is 14.0. The van der Waals surface area contributed by atoms with Crippen molar-refractivity contribution in [2.24, 2.45) is 5.92 Å². The molecular weight excluding hydrogens is 443 g/mol. The quantitative estimate of drug-likeness (QED) is 0.497. The molecule has 0 saturated carbocycles. The maximum atomic E-state index is 14.5. The lowest BCUT2D eigenvalue weighted by Gasteiger charge is -2.09. The topological polar surface area (TPSA) is 77.6 Å². The number of nitrogens with zero attached hydrogens (tertiary/aromatic N) is 5. The van der Waals surface area contributed by atoms with E-state index in [4.69, 9.17) is 11.6 Å². The molecule has 33 heavy (non-hydrogen) atoms. The molecule has 3 heterocycles. The number of carbonyl (C=O) groups excluding carboxylic acids is 1. The number of carbonyl (C=O) groups is 1. The van der Waals surface area contributed by atoms with Crippen molar-refractivity contribution in [2.45, 2.75) is 59.5 Å². The number of rotatable bonds is 6. The predicted octanol–water partition coefficient (Wildman–Crippen LogP) is 5.28. The van der Waals surface area contributed by atoms with E-state index in [9.17, 15) is 9.18 Å². The summed E-state index contributed by atoms with van der Waals surface area (Å²) in [6.07, 6.45) is 7.14. The van der Waals surface area contributed by atoms with Crippen molar-refractivity contribution in [3.63, 3.8) is 0 Å². The van der Waals surface area contributed by atoms with E-state index in [1.54, 1.807) is 22.9 Å². The first-order valence-electron chi connectivity index (χ1n) is 11.3. The van der Waals surface area contributed by atoms with E-state index in [1.807, 2.05) is 6.92 Å². The zero-order valence-electron chi connectivity index (χ0n) is 19.1. The molecular formula is C24H28ClFN6O. The predicted molar refractivity (Wildman–Crippen MR) is 127 cm³/mol. The van der Waals surface area contributed by atoms with Crippen LogP contribution in [0.5, 0.6) is 0 Å². The van der Waals surface area contributed by atoms with Gasteiger partial charge in [0.05, 0.1) is 11.4 Å². The summed E-state index contributed by atoms with van der Waals surface area (Å²) in [4.78, 5) is 12.6. The Bertz CT molecular complexity index is 1200. The lowest BCUT2D eigenvalue weighted by atomic mass is 10.1. The van der Waals surface area contributed by atoms with Crippen LogP contribution in [0.15, 0.2) is 24.3 Å². The molecule has 1 aliphatic heterocycles. The van der Waals surface area contributed by atoms with Gasteiger partial charge in [-0.3, -0.25) is 9.48 Å². The molecule has 1 aliphatic rings. The molecule has 0 unspecified atom stereocenters. The summed E-state index contributed by atoms with van der Waals surface area (Å²) in [5.41, 5.74) is 2.20. The van der Waals surface area contributed by atoms with Crippen molar-refractivity contribution in [3.05, 3.63) is 52.3 Å². The number of aryl methyl sites for hydroxylation is 2. The molecule has 1 N–H and O–H groups in total. The molecule has 0 atom stereocenters. The first kappa shape index (κ1) is 23.2. The van der Waals surface area contributed by atoms with E-state index >= 15 is 0 Å². The fourth-order valence-electron chi connectivity index (χ4n) is 4.02. The van der Waals surface area contributed by atoms with Gasteiger partial charge in [0.15, 0.2) is 5.82 Å². The number of halogens is 2. The lowest BCUT2D eigenvalue weighted by Crippen LogP contribution is -2.10. The first-order chi connectivity index (χ1) is 15.8. The Morgan fingerprint density at radius 3 is 2.88 bits per heavy atom. The van der Waals surface area contributed by atoms with Crippen LogP contribution in [0.25, 0.3) is 17.5 Å². The Kier molecular flexibility index (Phi) is 6.93. The fraction of sp³-hybridized carbons (Fsp3) is 0.417. The summed E-state index contributed by atoms with van der Waals surface area (Å²) in [6, 6.07) is 4.60. The molecule has 2 aromatic heterocycles. The van der Waals surface area contributed by atoms with Crippen LogP contribution in [0.1, 0.15) is 50.2 Å². The van der Waals surface area contributed by atoms with Gasteiger partial charge in [-0.15, -0.1) is 10.2 Å². The minimum atomic E-state index is -0.518. The number of aromatic nitrogens is 5. The third-order valence-electron chi connectivity index (χ3n) is 5.64. The van der Waals surface area contributed by atoms with Gasteiger partial charge in [0.25, 0.3) is 0 Å². The third kappa shape index (κ3) is 5.16.